The van der Waals surface area contributed by atoms with Gasteiger partial charge in [-0.05, 0) is 36.4 Å². The van der Waals surface area contributed by atoms with Crippen LogP contribution in [0.3, 0.4) is 0 Å². The van der Waals surface area contributed by atoms with E-state index in [1.807, 2.05) is 0 Å². The van der Waals surface area contributed by atoms with E-state index < -0.39 is 34.7 Å². The molecule has 0 spiro atoms. The van der Waals surface area contributed by atoms with E-state index in [0.29, 0.717) is 11.6 Å². The first-order chi connectivity index (χ1) is 14.5. The first kappa shape index (κ1) is 22.0. The lowest BCUT2D eigenvalue weighted by Gasteiger charge is -2.12. The third kappa shape index (κ3) is 5.25. The molecule has 2 aromatic carbocycles. The summed E-state index contributed by atoms with van der Waals surface area (Å²) in [7, 11) is 0. The molecule has 0 bridgehead atoms. The fourth-order valence-corrected chi connectivity index (χ4v) is 2.76. The first-order valence-corrected chi connectivity index (χ1v) is 8.92. The van der Waals surface area contributed by atoms with Crippen LogP contribution in [0.4, 0.5) is 24.5 Å². The summed E-state index contributed by atoms with van der Waals surface area (Å²) < 4.78 is 39.4. The smallest absolute Gasteiger partial charge is 0.323 e. The Morgan fingerprint density at radius 2 is 1.81 bits per heavy atom. The highest BCUT2D eigenvalue weighted by Gasteiger charge is 2.31. The Kier molecular flexibility index (Phi) is 6.07. The number of aromatic nitrogens is 2. The van der Waals surface area contributed by atoms with Gasteiger partial charge in [0.05, 0.1) is 26.9 Å². The molecule has 8 nitrogen and oxygen atoms in total. The van der Waals surface area contributed by atoms with Gasteiger partial charge in [-0.1, -0.05) is 11.6 Å². The minimum atomic E-state index is -4.62. The SMILES string of the molecule is O=C(Cn1nc(-c2ccc([N+](=O)[O-])cc2)ccc1=O)Nc1cc(C(F)(F)F)ccc1Cl. The van der Waals surface area contributed by atoms with Gasteiger partial charge in [-0.25, -0.2) is 4.68 Å². The van der Waals surface area contributed by atoms with Crippen LogP contribution in [0, 0.1) is 10.1 Å². The molecule has 1 aromatic heterocycles. The maximum atomic E-state index is 12.9. The van der Waals surface area contributed by atoms with Crippen LogP contribution in [-0.2, 0) is 17.5 Å². The normalized spacial score (nSPS) is 11.2. The second kappa shape index (κ2) is 8.56. The average Bonchev–Trinajstić information content (AvgIpc) is 2.70. The standard InChI is InChI=1S/C19H12ClF3N4O4/c20-14-6-3-12(19(21,22)23)9-16(14)24-17(28)10-26-18(29)8-7-15(25-26)11-1-4-13(5-2-11)27(30)31/h1-9H,10H2,(H,24,28). The van der Waals surface area contributed by atoms with Crippen molar-refractivity contribution in [3.05, 3.63) is 85.7 Å². The van der Waals surface area contributed by atoms with Crippen molar-refractivity contribution >= 4 is 28.9 Å². The molecule has 0 saturated heterocycles. The van der Waals surface area contributed by atoms with E-state index >= 15 is 0 Å². The maximum Gasteiger partial charge on any atom is 0.416 e. The molecule has 0 radical (unpaired) electrons. The summed E-state index contributed by atoms with van der Waals surface area (Å²) >= 11 is 5.85. The third-order valence-corrected chi connectivity index (χ3v) is 4.43. The van der Waals surface area contributed by atoms with Gasteiger partial charge in [0.1, 0.15) is 6.54 Å². The first-order valence-electron chi connectivity index (χ1n) is 8.54. The van der Waals surface area contributed by atoms with Crippen molar-refractivity contribution in [2.75, 3.05) is 5.32 Å². The lowest BCUT2D eigenvalue weighted by molar-refractivity contribution is -0.384. The quantitative estimate of drug-likeness (QED) is 0.462. The van der Waals surface area contributed by atoms with E-state index in [1.165, 1.54) is 30.3 Å². The summed E-state index contributed by atoms with van der Waals surface area (Å²) in [6.07, 6.45) is -4.62. The van der Waals surface area contributed by atoms with Gasteiger partial charge in [0.15, 0.2) is 0 Å². The Balaban J connectivity index is 1.81. The number of rotatable bonds is 5. The molecule has 3 aromatic rings. The Hall–Kier alpha value is -3.73. The zero-order valence-corrected chi connectivity index (χ0v) is 16.1. The topological polar surface area (TPSA) is 107 Å². The number of carbonyl (C=O) groups is 1. The fourth-order valence-electron chi connectivity index (χ4n) is 2.59. The zero-order valence-electron chi connectivity index (χ0n) is 15.4. The number of nitrogens with zero attached hydrogens (tertiary/aromatic N) is 3. The second-order valence-electron chi connectivity index (χ2n) is 6.26. The molecule has 12 heteroatoms. The highest BCUT2D eigenvalue weighted by Crippen LogP contribution is 2.33. The summed E-state index contributed by atoms with van der Waals surface area (Å²) in [5.41, 5.74) is -1.30. The molecule has 1 heterocycles. The minimum Gasteiger partial charge on any atom is -0.323 e. The largest absolute Gasteiger partial charge is 0.416 e. The van der Waals surface area contributed by atoms with Gasteiger partial charge < -0.3 is 5.32 Å². The van der Waals surface area contributed by atoms with Gasteiger partial charge >= 0.3 is 6.18 Å². The third-order valence-electron chi connectivity index (χ3n) is 4.10. The van der Waals surface area contributed by atoms with Crippen LogP contribution >= 0.6 is 11.6 Å². The van der Waals surface area contributed by atoms with Gasteiger partial charge in [-0.2, -0.15) is 18.3 Å². The van der Waals surface area contributed by atoms with Crippen LogP contribution < -0.4 is 10.9 Å². The summed E-state index contributed by atoms with van der Waals surface area (Å²) in [5, 5.41) is 16.9. The van der Waals surface area contributed by atoms with Crippen molar-refractivity contribution in [3.63, 3.8) is 0 Å². The fraction of sp³-hybridized carbons (Fsp3) is 0.105. The summed E-state index contributed by atoms with van der Waals surface area (Å²) in [6, 6.07) is 10.4. The number of anilines is 1. The minimum absolute atomic E-state index is 0.110. The van der Waals surface area contributed by atoms with Crippen molar-refractivity contribution < 1.29 is 22.9 Å². The number of hydrogen-bond acceptors (Lipinski definition) is 5. The molecule has 1 amide bonds. The summed E-state index contributed by atoms with van der Waals surface area (Å²) in [6.45, 7) is -0.591. The van der Waals surface area contributed by atoms with E-state index in [1.54, 1.807) is 0 Å². The number of carbonyl (C=O) groups excluding carboxylic acids is 1. The number of nitro groups is 1. The van der Waals surface area contributed by atoms with E-state index in [-0.39, 0.29) is 22.1 Å². The number of non-ortho nitro benzene ring substituents is 1. The number of alkyl halides is 3. The van der Waals surface area contributed by atoms with E-state index in [2.05, 4.69) is 10.4 Å². The van der Waals surface area contributed by atoms with Gasteiger partial charge in [-0.3, -0.25) is 19.7 Å². The van der Waals surface area contributed by atoms with Crippen LogP contribution in [-0.4, -0.2) is 20.6 Å². The zero-order chi connectivity index (χ0) is 22.8. The molecule has 3 rings (SSSR count). The highest BCUT2D eigenvalue weighted by atomic mass is 35.5. The number of amides is 1. The lowest BCUT2D eigenvalue weighted by atomic mass is 10.1. The van der Waals surface area contributed by atoms with E-state index in [4.69, 9.17) is 11.6 Å². The van der Waals surface area contributed by atoms with Gasteiger partial charge in [-0.15, -0.1) is 0 Å². The molecule has 31 heavy (non-hydrogen) atoms. The summed E-state index contributed by atoms with van der Waals surface area (Å²) in [5.74, 6) is -0.823. The lowest BCUT2D eigenvalue weighted by Crippen LogP contribution is -2.29. The van der Waals surface area contributed by atoms with Crippen LogP contribution in [0.1, 0.15) is 5.56 Å². The van der Waals surface area contributed by atoms with Crippen molar-refractivity contribution in [1.29, 1.82) is 0 Å². The Bertz CT molecular complexity index is 1210. The average molecular weight is 453 g/mol. The molecule has 0 fully saturated rings. The van der Waals surface area contributed by atoms with Gasteiger partial charge in [0.2, 0.25) is 5.91 Å². The maximum absolute atomic E-state index is 12.9. The van der Waals surface area contributed by atoms with Gasteiger partial charge in [0.25, 0.3) is 11.2 Å². The van der Waals surface area contributed by atoms with Crippen LogP contribution in [0.2, 0.25) is 5.02 Å². The molecule has 0 aliphatic rings. The van der Waals surface area contributed by atoms with Crippen molar-refractivity contribution in [1.82, 2.24) is 9.78 Å². The molecule has 0 saturated carbocycles. The summed E-state index contributed by atoms with van der Waals surface area (Å²) in [4.78, 5) is 34.5. The molecular formula is C19H12ClF3N4O4. The van der Waals surface area contributed by atoms with Crippen LogP contribution in [0.25, 0.3) is 11.3 Å². The number of benzene rings is 2. The molecule has 0 atom stereocenters. The number of nitro benzene ring substituents is 1. The van der Waals surface area contributed by atoms with Crippen molar-refractivity contribution in [3.8, 4) is 11.3 Å². The van der Waals surface area contributed by atoms with Crippen LogP contribution in [0.5, 0.6) is 0 Å². The molecule has 0 unspecified atom stereocenters. The predicted octanol–water partition coefficient (Wildman–Crippen LogP) is 4.13. The van der Waals surface area contributed by atoms with Crippen molar-refractivity contribution in [2.24, 2.45) is 0 Å². The molecule has 0 aliphatic heterocycles. The van der Waals surface area contributed by atoms with E-state index in [0.717, 1.165) is 22.9 Å². The molecular weight excluding hydrogens is 441 g/mol. The Morgan fingerprint density at radius 3 is 2.42 bits per heavy atom. The molecule has 1 N–H and O–H groups in total. The second-order valence-corrected chi connectivity index (χ2v) is 6.67. The Labute approximate surface area is 177 Å². The highest BCUT2D eigenvalue weighted by molar-refractivity contribution is 6.33. The number of halogens is 4. The van der Waals surface area contributed by atoms with Crippen molar-refractivity contribution in [2.45, 2.75) is 12.7 Å². The molecule has 0 aliphatic carbocycles. The van der Waals surface area contributed by atoms with Gasteiger partial charge in [0, 0.05) is 23.8 Å². The number of hydrogen-bond donors (Lipinski definition) is 1. The van der Waals surface area contributed by atoms with Crippen LogP contribution in [0.15, 0.2) is 59.4 Å². The molecule has 160 valence electrons. The number of nitrogens with one attached hydrogen (secondary N) is 1. The monoisotopic (exact) mass is 452 g/mol. The Morgan fingerprint density at radius 1 is 1.13 bits per heavy atom. The predicted molar refractivity (Wildman–Crippen MR) is 106 cm³/mol. The van der Waals surface area contributed by atoms with E-state index in [9.17, 15) is 32.9 Å².